The molecule has 1 N–H and O–H groups in total. The highest BCUT2D eigenvalue weighted by Crippen LogP contribution is 2.42. The van der Waals surface area contributed by atoms with Gasteiger partial charge in [0.15, 0.2) is 6.04 Å². The van der Waals surface area contributed by atoms with Gasteiger partial charge in [0.1, 0.15) is 5.75 Å². The van der Waals surface area contributed by atoms with Crippen molar-refractivity contribution in [3.63, 3.8) is 0 Å². The smallest absolute Gasteiger partial charge is 0.298 e. The maximum atomic E-state index is 16.6. The molecule has 6 nitrogen and oxygen atoms in total. The quantitative estimate of drug-likeness (QED) is 0.249. The Kier molecular flexibility index (Phi) is 9.05. The third-order valence-electron chi connectivity index (χ3n) is 9.64. The molecule has 10 heteroatoms. The molecule has 1 amide bonds. The van der Waals surface area contributed by atoms with Crippen molar-refractivity contribution in [1.29, 1.82) is 0 Å². The van der Waals surface area contributed by atoms with Gasteiger partial charge in [-0.05, 0) is 104 Å². The standard InChI is InChI=1S/C34H39BrF2N2O4S/c1-22-17-28-11-12-29(18-22)39(28)33(40)32(34(36,37)26-9-7-25-20-27(35)10-8-24(25)19-26)38-44(41,42)31-15-13-30(14-16-31)43-21-23-5-3-2-4-6-23/h7-10,13-16,19-20,22-23,28-29,32,38H,2-6,11-12,17-18,21H2,1H3. The maximum Gasteiger partial charge on any atom is 0.298 e. The summed E-state index contributed by atoms with van der Waals surface area (Å²) >= 11 is 3.40. The van der Waals surface area contributed by atoms with Gasteiger partial charge in [-0.15, -0.1) is 0 Å². The number of carbonyl (C=O) groups is 1. The number of hydrogen-bond acceptors (Lipinski definition) is 4. The highest BCUT2D eigenvalue weighted by molar-refractivity contribution is 9.10. The zero-order valence-electron chi connectivity index (χ0n) is 24.9. The molecule has 2 aliphatic heterocycles. The van der Waals surface area contributed by atoms with E-state index < -0.39 is 33.5 Å². The molecule has 1 aliphatic carbocycles. The van der Waals surface area contributed by atoms with Gasteiger partial charge in [-0.2, -0.15) is 13.5 Å². The number of piperidine rings is 1. The normalized spacial score (nSPS) is 23.5. The minimum atomic E-state index is -4.50. The van der Waals surface area contributed by atoms with Crippen LogP contribution in [-0.2, 0) is 20.7 Å². The zero-order chi connectivity index (χ0) is 31.1. The molecule has 2 heterocycles. The van der Waals surface area contributed by atoms with Gasteiger partial charge in [-0.25, -0.2) is 8.42 Å². The van der Waals surface area contributed by atoms with Gasteiger partial charge in [-0.1, -0.05) is 60.3 Å². The molecule has 0 spiro atoms. The Labute approximate surface area is 266 Å². The van der Waals surface area contributed by atoms with Crippen LogP contribution < -0.4 is 9.46 Å². The van der Waals surface area contributed by atoms with Crippen molar-refractivity contribution in [2.24, 2.45) is 11.8 Å². The van der Waals surface area contributed by atoms with Gasteiger partial charge >= 0.3 is 0 Å². The SMILES string of the molecule is CC1CC2CCC(C1)N2C(=O)C(NS(=O)(=O)c1ccc(OCC2CCCCC2)cc1)C(F)(F)c1ccc2cc(Br)ccc2c1. The highest BCUT2D eigenvalue weighted by Gasteiger charge is 2.53. The van der Waals surface area contributed by atoms with Crippen LogP contribution in [0, 0.1) is 11.8 Å². The lowest BCUT2D eigenvalue weighted by Crippen LogP contribution is -2.59. The summed E-state index contributed by atoms with van der Waals surface area (Å²) in [7, 11) is -4.50. The number of ether oxygens (including phenoxy) is 1. The van der Waals surface area contributed by atoms with E-state index in [0.29, 0.717) is 29.6 Å². The minimum Gasteiger partial charge on any atom is -0.493 e. The summed E-state index contributed by atoms with van der Waals surface area (Å²) in [5, 5.41) is 1.31. The van der Waals surface area contributed by atoms with E-state index in [9.17, 15) is 13.2 Å². The summed E-state index contributed by atoms with van der Waals surface area (Å²) in [5.74, 6) is -3.31. The van der Waals surface area contributed by atoms with Crippen LogP contribution >= 0.6 is 15.9 Å². The van der Waals surface area contributed by atoms with Crippen LogP contribution in [0.2, 0.25) is 0 Å². The van der Waals surface area contributed by atoms with Crippen molar-refractivity contribution in [2.75, 3.05) is 6.61 Å². The predicted octanol–water partition coefficient (Wildman–Crippen LogP) is 7.79. The van der Waals surface area contributed by atoms with Crippen LogP contribution in [0.1, 0.15) is 70.3 Å². The molecule has 3 fully saturated rings. The van der Waals surface area contributed by atoms with Crippen LogP contribution in [-0.4, -0.2) is 44.0 Å². The summed E-state index contributed by atoms with van der Waals surface area (Å²) in [6.07, 6.45) is 8.78. The molecular formula is C34H39BrF2N2O4S. The average molecular weight is 690 g/mol. The number of amides is 1. The van der Waals surface area contributed by atoms with Crippen molar-refractivity contribution in [1.82, 2.24) is 9.62 Å². The monoisotopic (exact) mass is 688 g/mol. The number of alkyl halides is 2. The zero-order valence-corrected chi connectivity index (χ0v) is 27.3. The van der Waals surface area contributed by atoms with E-state index in [1.54, 1.807) is 35.2 Å². The Morgan fingerprint density at radius 3 is 2.27 bits per heavy atom. The van der Waals surface area contributed by atoms with Crippen LogP contribution in [0.25, 0.3) is 10.8 Å². The highest BCUT2D eigenvalue weighted by atomic mass is 79.9. The Morgan fingerprint density at radius 1 is 0.955 bits per heavy atom. The minimum absolute atomic E-state index is 0.173. The summed E-state index contributed by atoms with van der Waals surface area (Å²) < 4.78 is 69.3. The van der Waals surface area contributed by atoms with E-state index >= 15 is 8.78 Å². The third kappa shape index (κ3) is 6.53. The van der Waals surface area contributed by atoms with Gasteiger partial charge in [0.25, 0.3) is 5.92 Å². The van der Waals surface area contributed by atoms with E-state index in [-0.39, 0.29) is 17.0 Å². The summed E-state index contributed by atoms with van der Waals surface area (Å²) in [4.78, 5) is 15.4. The molecule has 3 aromatic carbocycles. The Morgan fingerprint density at radius 2 is 1.59 bits per heavy atom. The topological polar surface area (TPSA) is 75.7 Å². The van der Waals surface area contributed by atoms with Crippen LogP contribution in [0.3, 0.4) is 0 Å². The second-order valence-corrected chi connectivity index (χ2v) is 15.5. The second kappa shape index (κ2) is 12.7. The molecule has 2 bridgehead atoms. The summed E-state index contributed by atoms with van der Waals surface area (Å²) in [5.41, 5.74) is -0.419. The molecule has 3 unspecified atom stereocenters. The first-order chi connectivity index (χ1) is 21.0. The van der Waals surface area contributed by atoms with Crippen LogP contribution in [0.15, 0.2) is 70.0 Å². The van der Waals surface area contributed by atoms with Gasteiger partial charge in [-0.3, -0.25) is 4.79 Å². The number of benzene rings is 3. The van der Waals surface area contributed by atoms with E-state index in [2.05, 4.69) is 27.6 Å². The first-order valence-corrected chi connectivity index (χ1v) is 17.9. The van der Waals surface area contributed by atoms with Crippen LogP contribution in [0.5, 0.6) is 5.75 Å². The van der Waals surface area contributed by atoms with Gasteiger partial charge < -0.3 is 9.64 Å². The molecular weight excluding hydrogens is 650 g/mol. The molecule has 1 saturated carbocycles. The van der Waals surface area contributed by atoms with E-state index in [1.807, 2.05) is 6.07 Å². The van der Waals surface area contributed by atoms with Gasteiger partial charge in [0.05, 0.1) is 11.5 Å². The lowest BCUT2D eigenvalue weighted by Gasteiger charge is -2.41. The second-order valence-electron chi connectivity index (χ2n) is 12.9. The lowest BCUT2D eigenvalue weighted by atomic mass is 9.90. The van der Waals surface area contributed by atoms with E-state index in [0.717, 1.165) is 48.4 Å². The Bertz CT molecular complexity index is 1600. The van der Waals surface area contributed by atoms with Crippen molar-refractivity contribution in [3.05, 3.63) is 70.7 Å². The molecule has 2 saturated heterocycles. The number of nitrogens with one attached hydrogen (secondary N) is 1. The number of carbonyl (C=O) groups excluding carboxylic acids is 1. The fourth-order valence-corrected chi connectivity index (χ4v) is 8.90. The van der Waals surface area contributed by atoms with Crippen molar-refractivity contribution >= 4 is 42.6 Å². The summed E-state index contributed by atoms with van der Waals surface area (Å²) in [6.45, 7) is 2.67. The fourth-order valence-electron chi connectivity index (χ4n) is 7.33. The molecule has 236 valence electrons. The van der Waals surface area contributed by atoms with E-state index in [1.165, 1.54) is 43.5 Å². The van der Waals surface area contributed by atoms with Crippen molar-refractivity contribution in [3.8, 4) is 5.75 Å². The Hall–Kier alpha value is -2.56. The Balaban J connectivity index is 1.28. The first-order valence-electron chi connectivity index (χ1n) is 15.7. The molecule has 0 radical (unpaired) electrons. The van der Waals surface area contributed by atoms with Crippen molar-refractivity contribution < 1.29 is 26.7 Å². The number of fused-ring (bicyclic) bond motifs is 3. The van der Waals surface area contributed by atoms with Crippen LogP contribution in [0.4, 0.5) is 8.78 Å². The largest absolute Gasteiger partial charge is 0.493 e. The molecule has 44 heavy (non-hydrogen) atoms. The number of nitrogens with zero attached hydrogens (tertiary/aromatic N) is 1. The fraction of sp³-hybridized carbons (Fsp3) is 0.500. The molecule has 3 aromatic rings. The number of sulfonamides is 1. The first kappa shape index (κ1) is 31.4. The predicted molar refractivity (Wildman–Crippen MR) is 170 cm³/mol. The number of hydrogen-bond donors (Lipinski definition) is 1. The molecule has 0 aromatic heterocycles. The molecule has 6 rings (SSSR count). The van der Waals surface area contributed by atoms with E-state index in [4.69, 9.17) is 4.74 Å². The average Bonchev–Trinajstić information content (AvgIpc) is 3.29. The third-order valence-corrected chi connectivity index (χ3v) is 11.6. The molecule has 3 aliphatic rings. The summed E-state index contributed by atoms with van der Waals surface area (Å²) in [6, 6.07) is 12.6. The molecule has 3 atom stereocenters. The van der Waals surface area contributed by atoms with Gasteiger partial charge in [0.2, 0.25) is 15.9 Å². The van der Waals surface area contributed by atoms with Gasteiger partial charge in [0, 0.05) is 22.1 Å². The number of halogens is 3. The maximum absolute atomic E-state index is 16.6. The van der Waals surface area contributed by atoms with Crippen molar-refractivity contribution in [2.45, 2.75) is 93.7 Å². The lowest BCUT2D eigenvalue weighted by molar-refractivity contribution is -0.149. The number of rotatable bonds is 9.